The third kappa shape index (κ3) is 2.53. The Morgan fingerprint density at radius 2 is 2.33 bits per heavy atom. The molecule has 1 aromatic rings. The molecule has 1 aliphatic heterocycles. The van der Waals surface area contributed by atoms with E-state index in [4.69, 9.17) is 22.1 Å². The van der Waals surface area contributed by atoms with Crippen LogP contribution in [-0.4, -0.2) is 25.2 Å². The fourth-order valence-electron chi connectivity index (χ4n) is 1.37. The topological polar surface area (TPSA) is 59.6 Å². The molecule has 0 saturated carbocycles. The van der Waals surface area contributed by atoms with Gasteiger partial charge in [0, 0.05) is 6.54 Å². The summed E-state index contributed by atoms with van der Waals surface area (Å²) in [7, 11) is 0. The Labute approximate surface area is 93.1 Å². The molecule has 3 N–H and O–H groups in total. The number of nitrogens with zero attached hydrogens (tertiary/aromatic N) is 1. The van der Waals surface area contributed by atoms with Gasteiger partial charge in [0.05, 0.1) is 10.7 Å². The Balaban J connectivity index is 1.91. The summed E-state index contributed by atoms with van der Waals surface area (Å²) in [6.07, 6.45) is 0. The second-order valence-corrected chi connectivity index (χ2v) is 3.70. The van der Waals surface area contributed by atoms with Gasteiger partial charge in [0.2, 0.25) is 0 Å². The third-order valence-corrected chi connectivity index (χ3v) is 2.47. The van der Waals surface area contributed by atoms with Gasteiger partial charge in [0.25, 0.3) is 6.02 Å². The monoisotopic (exact) mass is 225 g/mol. The normalized spacial score (nSPS) is 19.5. The van der Waals surface area contributed by atoms with Gasteiger partial charge in [0.15, 0.2) is 0 Å². The number of anilines is 1. The Kier molecular flexibility index (Phi) is 2.97. The second kappa shape index (κ2) is 4.40. The summed E-state index contributed by atoms with van der Waals surface area (Å²) in [5, 5.41) is 3.90. The van der Waals surface area contributed by atoms with Crippen molar-refractivity contribution in [3.63, 3.8) is 0 Å². The number of hydrogen-bond donors (Lipinski definition) is 2. The second-order valence-electron chi connectivity index (χ2n) is 3.29. The van der Waals surface area contributed by atoms with Crippen LogP contribution in [0.3, 0.4) is 0 Å². The maximum absolute atomic E-state index is 5.98. The number of nitrogens with two attached hydrogens (primary N) is 1. The molecule has 2 rings (SSSR count). The van der Waals surface area contributed by atoms with E-state index < -0.39 is 0 Å². The summed E-state index contributed by atoms with van der Waals surface area (Å²) in [6, 6.07) is 7.92. The minimum atomic E-state index is 0.0706. The molecular weight excluding hydrogens is 214 g/mol. The zero-order chi connectivity index (χ0) is 10.7. The lowest BCUT2D eigenvalue weighted by Crippen LogP contribution is -2.19. The molecule has 15 heavy (non-hydrogen) atoms. The molecule has 0 aromatic heterocycles. The van der Waals surface area contributed by atoms with Crippen molar-refractivity contribution in [1.29, 1.82) is 0 Å². The lowest BCUT2D eigenvalue weighted by atomic mass is 10.3. The molecule has 80 valence electrons. The maximum atomic E-state index is 5.98. The number of rotatable bonds is 3. The number of benzene rings is 1. The molecule has 0 amide bonds. The van der Waals surface area contributed by atoms with Gasteiger partial charge in [-0.15, -0.1) is 0 Å². The van der Waals surface area contributed by atoms with Gasteiger partial charge in [-0.2, -0.15) is 0 Å². The molecule has 4 nitrogen and oxygen atoms in total. The van der Waals surface area contributed by atoms with Crippen LogP contribution >= 0.6 is 11.6 Å². The number of aliphatic imine (C=N–C) groups is 1. The summed E-state index contributed by atoms with van der Waals surface area (Å²) < 4.78 is 5.04. The first-order chi connectivity index (χ1) is 7.25. The van der Waals surface area contributed by atoms with Crippen LogP contribution in [0.25, 0.3) is 0 Å². The van der Waals surface area contributed by atoms with Crippen molar-refractivity contribution in [3.8, 4) is 0 Å². The highest BCUT2D eigenvalue weighted by Crippen LogP contribution is 2.20. The van der Waals surface area contributed by atoms with Crippen molar-refractivity contribution < 1.29 is 4.74 Å². The van der Waals surface area contributed by atoms with Crippen LogP contribution in [0, 0.1) is 0 Å². The third-order valence-electron chi connectivity index (χ3n) is 2.14. The highest BCUT2D eigenvalue weighted by atomic mass is 35.5. The van der Waals surface area contributed by atoms with Crippen LogP contribution in [0.5, 0.6) is 0 Å². The van der Waals surface area contributed by atoms with Crippen molar-refractivity contribution in [2.24, 2.45) is 10.7 Å². The molecule has 0 bridgehead atoms. The molecular formula is C10H12ClN3O. The first-order valence-corrected chi connectivity index (χ1v) is 5.08. The van der Waals surface area contributed by atoms with Gasteiger partial charge >= 0.3 is 0 Å². The van der Waals surface area contributed by atoms with Crippen LogP contribution in [0.2, 0.25) is 5.02 Å². The number of amidine groups is 1. The van der Waals surface area contributed by atoms with E-state index in [0.29, 0.717) is 18.2 Å². The predicted molar refractivity (Wildman–Crippen MR) is 61.3 cm³/mol. The summed E-state index contributed by atoms with van der Waals surface area (Å²) >= 11 is 5.98. The van der Waals surface area contributed by atoms with Crippen molar-refractivity contribution in [3.05, 3.63) is 29.3 Å². The van der Waals surface area contributed by atoms with E-state index in [9.17, 15) is 0 Å². The fourth-order valence-corrected chi connectivity index (χ4v) is 1.58. The summed E-state index contributed by atoms with van der Waals surface area (Å²) in [6.45, 7) is 1.20. The number of hydrogen-bond acceptors (Lipinski definition) is 4. The first-order valence-electron chi connectivity index (χ1n) is 4.70. The largest absolute Gasteiger partial charge is 0.463 e. The van der Waals surface area contributed by atoms with E-state index in [1.807, 2.05) is 24.3 Å². The molecule has 0 fully saturated rings. The quantitative estimate of drug-likeness (QED) is 0.819. The SMILES string of the molecule is NC1=NC(CNc2ccccc2Cl)CO1. The molecule has 5 heteroatoms. The van der Waals surface area contributed by atoms with Crippen molar-refractivity contribution in [2.75, 3.05) is 18.5 Å². The summed E-state index contributed by atoms with van der Waals surface area (Å²) in [5.41, 5.74) is 6.30. The lowest BCUT2D eigenvalue weighted by Gasteiger charge is -2.09. The molecule has 1 aliphatic rings. The van der Waals surface area contributed by atoms with E-state index in [2.05, 4.69) is 10.3 Å². The zero-order valence-electron chi connectivity index (χ0n) is 8.11. The minimum Gasteiger partial charge on any atom is -0.463 e. The maximum Gasteiger partial charge on any atom is 0.282 e. The van der Waals surface area contributed by atoms with E-state index in [0.717, 1.165) is 5.69 Å². The van der Waals surface area contributed by atoms with Crippen molar-refractivity contribution in [1.82, 2.24) is 0 Å². The van der Waals surface area contributed by atoms with Crippen molar-refractivity contribution in [2.45, 2.75) is 6.04 Å². The lowest BCUT2D eigenvalue weighted by molar-refractivity contribution is 0.316. The molecule has 1 atom stereocenters. The van der Waals surface area contributed by atoms with Gasteiger partial charge in [-0.1, -0.05) is 23.7 Å². The molecule has 1 aromatic carbocycles. The van der Waals surface area contributed by atoms with E-state index in [1.54, 1.807) is 0 Å². The average molecular weight is 226 g/mol. The fraction of sp³-hybridized carbons (Fsp3) is 0.300. The van der Waals surface area contributed by atoms with Crippen LogP contribution in [0.4, 0.5) is 5.69 Å². The van der Waals surface area contributed by atoms with Gasteiger partial charge in [-0.05, 0) is 12.1 Å². The molecule has 0 radical (unpaired) electrons. The van der Waals surface area contributed by atoms with Crippen LogP contribution in [0.1, 0.15) is 0 Å². The minimum absolute atomic E-state index is 0.0706. The van der Waals surface area contributed by atoms with Crippen LogP contribution in [0.15, 0.2) is 29.3 Å². The van der Waals surface area contributed by atoms with Gasteiger partial charge in [0.1, 0.15) is 12.6 Å². The van der Waals surface area contributed by atoms with E-state index in [-0.39, 0.29) is 12.1 Å². The highest BCUT2D eigenvalue weighted by Gasteiger charge is 2.16. The Hall–Kier alpha value is -1.42. The van der Waals surface area contributed by atoms with Crippen molar-refractivity contribution >= 4 is 23.3 Å². The predicted octanol–water partition coefficient (Wildman–Crippen LogP) is 1.47. The van der Waals surface area contributed by atoms with Gasteiger partial charge in [-0.3, -0.25) is 0 Å². The molecule has 1 heterocycles. The number of ether oxygens (including phenoxy) is 1. The molecule has 0 spiro atoms. The van der Waals surface area contributed by atoms with E-state index >= 15 is 0 Å². The zero-order valence-corrected chi connectivity index (χ0v) is 8.87. The van der Waals surface area contributed by atoms with Crippen LogP contribution < -0.4 is 11.1 Å². The number of halogens is 1. The Morgan fingerprint density at radius 1 is 1.53 bits per heavy atom. The van der Waals surface area contributed by atoms with Gasteiger partial charge < -0.3 is 15.8 Å². The smallest absolute Gasteiger partial charge is 0.282 e. The highest BCUT2D eigenvalue weighted by molar-refractivity contribution is 6.33. The standard InChI is InChI=1S/C10H12ClN3O/c11-8-3-1-2-4-9(8)13-5-7-6-15-10(12)14-7/h1-4,7,13H,5-6H2,(H2,12,14). The average Bonchev–Trinajstić information content (AvgIpc) is 2.63. The first kappa shape index (κ1) is 10.1. The summed E-state index contributed by atoms with van der Waals surface area (Å²) in [5.74, 6) is 0. The molecule has 1 unspecified atom stereocenters. The molecule has 0 aliphatic carbocycles. The van der Waals surface area contributed by atoms with Gasteiger partial charge in [-0.25, -0.2) is 4.99 Å². The Bertz CT molecular complexity index is 381. The molecule has 0 saturated heterocycles. The summed E-state index contributed by atoms with van der Waals surface area (Å²) in [4.78, 5) is 4.10. The Morgan fingerprint density at radius 3 is 3.00 bits per heavy atom. The number of nitrogens with one attached hydrogen (secondary N) is 1. The number of para-hydroxylation sites is 1. The van der Waals surface area contributed by atoms with E-state index in [1.165, 1.54) is 0 Å². The van der Waals surface area contributed by atoms with Crippen LogP contribution in [-0.2, 0) is 4.74 Å².